The van der Waals surface area contributed by atoms with Gasteiger partial charge in [0.2, 0.25) is 0 Å². The summed E-state index contributed by atoms with van der Waals surface area (Å²) < 4.78 is 25.4. The van der Waals surface area contributed by atoms with Crippen LogP contribution in [0.4, 0.5) is 5.69 Å². The average molecular weight is 791 g/mol. The molecule has 14 heteroatoms. The molecular weight excluding hydrogens is 736 g/mol. The molecule has 0 radical (unpaired) electrons. The molecule has 3 heterocycles. The molecule has 5 N–H and O–H groups in total. The van der Waals surface area contributed by atoms with Gasteiger partial charge in [-0.1, -0.05) is 45.9 Å². The molecule has 2 aliphatic heterocycles. The van der Waals surface area contributed by atoms with E-state index in [0.717, 1.165) is 0 Å². The van der Waals surface area contributed by atoms with Gasteiger partial charge in [0.15, 0.2) is 11.5 Å². The number of anilines is 1. The van der Waals surface area contributed by atoms with Crippen LogP contribution in [-0.4, -0.2) is 85.7 Å². The third-order valence-corrected chi connectivity index (χ3v) is 11.8. The summed E-state index contributed by atoms with van der Waals surface area (Å²) >= 11 is 0. The second-order valence-electron chi connectivity index (χ2n) is 15.7. The number of aryl methyl sites for hydroxylation is 1. The lowest BCUT2D eigenvalue weighted by Gasteiger charge is -2.38. The van der Waals surface area contributed by atoms with Crippen molar-refractivity contribution >= 4 is 50.8 Å². The van der Waals surface area contributed by atoms with Crippen molar-refractivity contribution in [3.8, 4) is 17.2 Å². The van der Waals surface area contributed by atoms with Gasteiger partial charge in [-0.3, -0.25) is 19.2 Å². The predicted octanol–water partition coefficient (Wildman–Crippen LogP) is 6.05. The number of benzene rings is 2. The van der Waals surface area contributed by atoms with Crippen molar-refractivity contribution in [2.75, 3.05) is 12.4 Å². The first-order valence-electron chi connectivity index (χ1n) is 19.0. The Kier molecular flexibility index (Phi) is 12.0. The summed E-state index contributed by atoms with van der Waals surface area (Å²) in [5.41, 5.74) is 1.09. The van der Waals surface area contributed by atoms with Gasteiger partial charge in [-0.2, -0.15) is 0 Å². The highest BCUT2D eigenvalue weighted by atomic mass is 16.7. The minimum atomic E-state index is -1.99. The number of amides is 1. The number of aromatic nitrogens is 1. The van der Waals surface area contributed by atoms with Crippen LogP contribution in [0.25, 0.3) is 21.7 Å². The van der Waals surface area contributed by atoms with E-state index in [0.29, 0.717) is 5.69 Å². The van der Waals surface area contributed by atoms with E-state index in [1.807, 2.05) is 0 Å². The Morgan fingerprint density at radius 3 is 2.16 bits per heavy atom. The Bertz CT molecular complexity index is 2250. The van der Waals surface area contributed by atoms with Gasteiger partial charge in [-0.25, -0.2) is 0 Å². The number of phenolic OH excluding ortho intramolecular Hbond substituents is 2. The number of aliphatic hydroxyl groups excluding tert-OH is 2. The summed E-state index contributed by atoms with van der Waals surface area (Å²) in [5, 5.41) is 49.4. The molecule has 9 atom stereocenters. The lowest BCUT2D eigenvalue weighted by Crippen LogP contribution is -2.46. The van der Waals surface area contributed by atoms with E-state index in [1.165, 1.54) is 53.2 Å². The maximum absolute atomic E-state index is 14.6. The van der Waals surface area contributed by atoms with Gasteiger partial charge in [-0.05, 0) is 33.8 Å². The number of fused-ring (bicyclic) bond motifs is 1. The predicted molar refractivity (Wildman–Crippen MR) is 213 cm³/mol. The number of nitrogens with one attached hydrogen (secondary N) is 1. The number of Topliss-reactive ketones (excluding diaryl/α,β-unsaturated/α-hetero) is 2. The van der Waals surface area contributed by atoms with Gasteiger partial charge < -0.3 is 49.3 Å². The summed E-state index contributed by atoms with van der Waals surface area (Å²) in [5.74, 6) is -7.68. The van der Waals surface area contributed by atoms with Gasteiger partial charge in [0.25, 0.3) is 11.7 Å². The fraction of sp³-hybridized carbons (Fsp3) is 0.488. The largest absolute Gasteiger partial charge is 0.507 e. The van der Waals surface area contributed by atoms with Crippen LogP contribution in [0.1, 0.15) is 87.4 Å². The van der Waals surface area contributed by atoms with Crippen molar-refractivity contribution in [2.24, 2.45) is 30.7 Å². The van der Waals surface area contributed by atoms with Crippen LogP contribution in [0, 0.1) is 37.5 Å². The molecule has 1 aromatic heterocycles. The van der Waals surface area contributed by atoms with Crippen LogP contribution in [0.2, 0.25) is 0 Å². The number of hydrogen-bond acceptors (Lipinski definition) is 12. The van der Waals surface area contributed by atoms with Gasteiger partial charge in [-0.15, -0.1) is 0 Å². The Balaban J connectivity index is 1.79. The maximum Gasteiger partial charge on any atom is 0.312 e. The highest BCUT2D eigenvalue weighted by molar-refractivity contribution is 6.31. The number of esters is 1. The Labute approximate surface area is 331 Å². The minimum Gasteiger partial charge on any atom is -0.507 e. The number of aliphatic hydroxyl groups is 2. The number of ketones is 2. The summed E-state index contributed by atoms with van der Waals surface area (Å²) in [4.78, 5) is 54.0. The molecule has 14 nitrogen and oxygen atoms in total. The SMILES string of the molecule is CO[C@H]1C=CO[C@@]2(C)Oc3c(C)c(O)c4c(O)c(c5c(C(C)=O)c(C)n(C)c5c4c3C2=O)NC(=O)C(C)=C/C=C/[C@H](C)[C@H](O)[C@@H](C)[C@@H](O)[C@@H](C)[C@H](OC(C)=O)[C@@H]1C. The van der Waals surface area contributed by atoms with Crippen LogP contribution in [-0.2, 0) is 30.8 Å². The second-order valence-corrected chi connectivity index (χ2v) is 15.7. The van der Waals surface area contributed by atoms with Crippen molar-refractivity contribution in [2.45, 2.75) is 99.4 Å². The number of rotatable bonds is 3. The van der Waals surface area contributed by atoms with E-state index in [9.17, 15) is 39.6 Å². The summed E-state index contributed by atoms with van der Waals surface area (Å²) in [6.07, 6.45) is 3.69. The van der Waals surface area contributed by atoms with E-state index in [2.05, 4.69) is 5.32 Å². The normalized spacial score (nSPS) is 29.3. The summed E-state index contributed by atoms with van der Waals surface area (Å²) in [6.45, 7) is 15.7. The fourth-order valence-corrected chi connectivity index (χ4v) is 8.25. The van der Waals surface area contributed by atoms with E-state index in [-0.39, 0.29) is 61.2 Å². The van der Waals surface area contributed by atoms with Crippen LogP contribution < -0.4 is 10.1 Å². The number of allylic oxidation sites excluding steroid dienone is 2. The van der Waals surface area contributed by atoms with Crippen LogP contribution in [0.15, 0.2) is 36.1 Å². The first kappa shape index (κ1) is 43.0. The molecule has 1 amide bonds. The molecule has 0 spiro atoms. The summed E-state index contributed by atoms with van der Waals surface area (Å²) in [6, 6.07) is 0. The molecule has 0 fully saturated rings. The highest BCUT2D eigenvalue weighted by Gasteiger charge is 2.50. The smallest absolute Gasteiger partial charge is 0.312 e. The molecule has 3 aromatic rings. The number of phenols is 2. The van der Waals surface area contributed by atoms with Crippen molar-refractivity contribution in [3.63, 3.8) is 0 Å². The molecule has 4 bridgehead atoms. The fourth-order valence-electron chi connectivity index (χ4n) is 8.25. The monoisotopic (exact) mass is 790 g/mol. The molecular formula is C43H54N2O12. The first-order chi connectivity index (χ1) is 26.6. The van der Waals surface area contributed by atoms with Gasteiger partial charge >= 0.3 is 11.8 Å². The lowest BCUT2D eigenvalue weighted by molar-refractivity contribution is -0.160. The Morgan fingerprint density at radius 1 is 0.912 bits per heavy atom. The second kappa shape index (κ2) is 16.0. The number of methoxy groups -OCH3 is 1. The molecule has 57 heavy (non-hydrogen) atoms. The number of carbonyl (C=O) groups excluding carboxylic acids is 4. The topological polar surface area (TPSA) is 203 Å². The molecule has 0 saturated heterocycles. The van der Waals surface area contributed by atoms with Crippen LogP contribution >= 0.6 is 0 Å². The molecule has 308 valence electrons. The van der Waals surface area contributed by atoms with Crippen molar-refractivity contribution in [1.29, 1.82) is 0 Å². The summed E-state index contributed by atoms with van der Waals surface area (Å²) in [7, 11) is 3.12. The van der Waals surface area contributed by atoms with Gasteiger partial charge in [0.1, 0.15) is 17.6 Å². The average Bonchev–Trinajstić information content (AvgIpc) is 3.58. The van der Waals surface area contributed by atoms with Crippen LogP contribution in [0.3, 0.4) is 0 Å². The highest BCUT2D eigenvalue weighted by Crippen LogP contribution is 2.55. The van der Waals surface area contributed by atoms with Crippen molar-refractivity contribution < 1.29 is 58.6 Å². The van der Waals surface area contributed by atoms with E-state index < -0.39 is 83.0 Å². The maximum atomic E-state index is 14.6. The Morgan fingerprint density at radius 2 is 1.56 bits per heavy atom. The zero-order valence-electron chi connectivity index (χ0n) is 34.5. The third kappa shape index (κ3) is 7.30. The van der Waals surface area contributed by atoms with E-state index >= 15 is 0 Å². The first-order valence-corrected chi connectivity index (χ1v) is 19.0. The van der Waals surface area contributed by atoms with Crippen molar-refractivity contribution in [3.05, 3.63) is 58.5 Å². The van der Waals surface area contributed by atoms with Crippen LogP contribution in [0.5, 0.6) is 17.2 Å². The Hall–Kier alpha value is -5.18. The molecule has 2 aliphatic rings. The number of hydrogen-bond donors (Lipinski definition) is 5. The van der Waals surface area contributed by atoms with Gasteiger partial charge in [0, 0.05) is 84.8 Å². The minimum absolute atomic E-state index is 0.00219. The quantitative estimate of drug-likeness (QED) is 0.117. The standard InChI is InChI=1S/C43H54N2O12/c1-18-14-13-15-19(2)42(53)44-33-30-28(25(8)46)24(7)45(11)34(30)29-31(38(33)51)37(50)23(6)40-32(29)41(52)43(10,57-40)55-17-16-27(54-12)20(3)39(56-26(9)47)22(5)36(49)21(4)35(18)48/h13-18,20-22,27,35-36,39,48-51H,1-12H3,(H,44,53)/b14-13+,17-16?,19-15?/t18-,20+,21+,22+,27-,35-,36+,39+,43-/m0/s1. The number of ether oxygens (including phenoxy) is 4. The van der Waals surface area contributed by atoms with E-state index in [4.69, 9.17) is 18.9 Å². The molecule has 5 rings (SSSR count). The lowest BCUT2D eigenvalue weighted by atomic mass is 9.78. The number of aromatic hydroxyl groups is 2. The zero-order valence-corrected chi connectivity index (χ0v) is 34.5. The number of carbonyl (C=O) groups is 4. The zero-order chi connectivity index (χ0) is 42.6. The molecule has 0 aliphatic carbocycles. The molecule has 0 unspecified atom stereocenters. The molecule has 2 aromatic carbocycles. The van der Waals surface area contributed by atoms with Gasteiger partial charge in [0.05, 0.1) is 46.7 Å². The van der Waals surface area contributed by atoms with E-state index in [1.54, 1.807) is 65.3 Å². The number of nitrogens with zero attached hydrogens (tertiary/aromatic N) is 1. The van der Waals surface area contributed by atoms with Crippen molar-refractivity contribution in [1.82, 2.24) is 4.57 Å². The third-order valence-electron chi connectivity index (χ3n) is 11.8. The molecule has 0 saturated carbocycles.